The highest BCUT2D eigenvalue weighted by Crippen LogP contribution is 2.38. The zero-order chi connectivity index (χ0) is 65.6. The zero-order valence-electron chi connectivity index (χ0n) is 50.8. The fraction of sp³-hybridized carbons (Fsp3) is 0.534. The standard InChI is InChI=1S/C22H29N7O4.C19H30N6O6.C17H24FN5O4/c1-2-4-15(24)21(32)28(10-13-5-3-7-25-9-13)18-16(11-30)33-22(19(18)31)29-12-27-17-14(23)6-8-26-20(17)29;1-3-4-12(23-9-30-10-29-2)18(28)24-15-13(7-26)31-19(16(15)27)25-8-22-14-11(20)5-6-21-17(14)25;1-2-3-10(20)16(26)22-13-11(6-24)27-17(15(13)25)23-7-21-12-9(19)5-4-8(18)14(12)23/h3,5-9,12,15-16,18-19,22,30-31H,2,4,10-11,24H2,1H3,(H2,23,26);5-6,8,12-13,15-16,19,23,26-27H,3-4,7,9-10H2,1-2H3,(H2,20,21)(H,24,28);4-5,7,10-11,13,15,17,24-25H,2-3,6,19-20H2,1H3,(H,22,26)/t15?,16-,18?,19+,22-;12?,13-,15?,16+,19-;10?,11-,13?,15+,17-/m111/s1. The number of aliphatic hydroxyl groups is 6. The van der Waals surface area contributed by atoms with Crippen molar-refractivity contribution in [3.63, 3.8) is 0 Å². The summed E-state index contributed by atoms with van der Waals surface area (Å²) in [7, 11) is 1.51. The van der Waals surface area contributed by atoms with Gasteiger partial charge in [-0.1, -0.05) is 46.1 Å². The molecule has 3 aliphatic rings. The zero-order valence-corrected chi connectivity index (χ0v) is 50.8. The van der Waals surface area contributed by atoms with Crippen molar-refractivity contribution in [2.45, 2.75) is 157 Å². The number of imidazole rings is 3. The molecule has 0 spiro atoms. The number of anilines is 3. The molecule has 0 saturated carbocycles. The van der Waals surface area contributed by atoms with E-state index in [-0.39, 0.29) is 55.2 Å². The molecule has 7 aromatic rings. The van der Waals surface area contributed by atoms with E-state index in [1.54, 1.807) is 45.9 Å². The first-order valence-corrected chi connectivity index (χ1v) is 29.8. The van der Waals surface area contributed by atoms with E-state index in [0.29, 0.717) is 53.0 Å². The van der Waals surface area contributed by atoms with Crippen molar-refractivity contribution in [2.75, 3.05) is 57.7 Å². The Morgan fingerprint density at radius 1 is 0.659 bits per heavy atom. The fourth-order valence-electron chi connectivity index (χ4n) is 11.3. The Morgan fingerprint density at radius 2 is 1.18 bits per heavy atom. The maximum atomic E-state index is 14.3. The van der Waals surface area contributed by atoms with Crippen molar-refractivity contribution < 1.29 is 73.1 Å². The normalized spacial score (nSPS) is 24.8. The van der Waals surface area contributed by atoms with Crippen LogP contribution in [-0.2, 0) is 44.6 Å². The summed E-state index contributed by atoms with van der Waals surface area (Å²) in [6.45, 7) is 4.97. The van der Waals surface area contributed by atoms with Gasteiger partial charge in [0.2, 0.25) is 17.7 Å². The quantitative estimate of drug-likeness (QED) is 0.0183. The largest absolute Gasteiger partial charge is 0.397 e. The summed E-state index contributed by atoms with van der Waals surface area (Å²) in [6, 6.07) is 4.86. The number of amides is 3. The van der Waals surface area contributed by atoms with Crippen LogP contribution in [0.15, 0.2) is 80.2 Å². The number of hydrogen-bond donors (Lipinski definition) is 14. The van der Waals surface area contributed by atoms with Gasteiger partial charge in [0.05, 0.1) is 98.8 Å². The van der Waals surface area contributed by atoms with Crippen LogP contribution in [0.25, 0.3) is 33.4 Å². The average Bonchev–Trinajstić information content (AvgIpc) is 1.64. The van der Waals surface area contributed by atoms with Crippen LogP contribution in [0.5, 0.6) is 0 Å². The third-order valence-electron chi connectivity index (χ3n) is 15.9. The monoisotopic (exact) mass is 1270 g/mol. The first-order valence-electron chi connectivity index (χ1n) is 29.8. The van der Waals surface area contributed by atoms with Gasteiger partial charge in [-0.15, -0.1) is 0 Å². The number of aliphatic hydroxyl groups excluding tert-OH is 6. The van der Waals surface area contributed by atoms with Gasteiger partial charge in [0.1, 0.15) is 71.3 Å². The number of pyridine rings is 3. The SMILES string of the molecule is CCCC(N)C(=O)N(Cc1cccnc1)C1[C@@H](CO)O[C@@H](n2cnc3c(N)ccnc32)[C@H]1O.CCCC(N)C(=O)NC1[C@@H](CO)O[C@@H](n2cnc3c(N)ccc(F)c32)[C@H]1O.CCCC(NCOCOC)C(=O)NC1[C@@H](CO)O[C@@H](n2cnc3c(N)ccnc32)[C@H]1O. The lowest BCUT2D eigenvalue weighted by Crippen LogP contribution is -2.55. The summed E-state index contributed by atoms with van der Waals surface area (Å²) < 4.78 is 46.3. The Labute approximate surface area is 522 Å². The van der Waals surface area contributed by atoms with Crippen molar-refractivity contribution in [1.82, 2.24) is 64.5 Å². The van der Waals surface area contributed by atoms with Crippen molar-refractivity contribution in [2.24, 2.45) is 11.5 Å². The number of ether oxygens (including phenoxy) is 5. The molecule has 6 aromatic heterocycles. The number of hydrogen-bond acceptors (Lipinski definition) is 26. The number of halogens is 1. The maximum Gasteiger partial charge on any atom is 0.240 e. The Balaban J connectivity index is 0.000000177. The highest BCUT2D eigenvalue weighted by atomic mass is 19.1. The van der Waals surface area contributed by atoms with E-state index in [0.717, 1.165) is 24.8 Å². The molecule has 1 aromatic carbocycles. The Bertz CT molecular complexity index is 3500. The minimum atomic E-state index is -1.25. The van der Waals surface area contributed by atoms with Crippen LogP contribution in [0, 0.1) is 5.82 Å². The highest BCUT2D eigenvalue weighted by molar-refractivity contribution is 5.88. The third-order valence-corrected chi connectivity index (χ3v) is 15.9. The number of nitrogens with one attached hydrogen (secondary N) is 3. The van der Waals surface area contributed by atoms with Gasteiger partial charge in [-0.25, -0.2) is 29.3 Å². The maximum absolute atomic E-state index is 14.3. The number of benzene rings is 1. The van der Waals surface area contributed by atoms with E-state index < -0.39 is 116 Å². The number of nitrogens with two attached hydrogens (primary N) is 5. The minimum absolute atomic E-state index is 0.0744. The number of carbonyl (C=O) groups excluding carboxylic acids is 3. The fourth-order valence-corrected chi connectivity index (χ4v) is 11.3. The van der Waals surface area contributed by atoms with Gasteiger partial charge in [-0.2, -0.15) is 0 Å². The lowest BCUT2D eigenvalue weighted by Gasteiger charge is -2.35. The molecule has 9 heterocycles. The van der Waals surface area contributed by atoms with Crippen molar-refractivity contribution in [3.05, 3.63) is 91.5 Å². The molecule has 15 atom stereocenters. The highest BCUT2D eigenvalue weighted by Gasteiger charge is 2.51. The molecule has 3 amide bonds. The van der Waals surface area contributed by atoms with Gasteiger partial charge >= 0.3 is 0 Å². The summed E-state index contributed by atoms with van der Waals surface area (Å²) in [5.41, 5.74) is 33.8. The molecule has 3 aliphatic heterocycles. The molecule has 6 unspecified atom stereocenters. The number of aromatic nitrogens is 9. The number of fused-ring (bicyclic) bond motifs is 3. The van der Waals surface area contributed by atoms with Crippen LogP contribution in [-0.4, -0.2) is 210 Å². The smallest absolute Gasteiger partial charge is 0.240 e. The number of carbonyl (C=O) groups is 3. The third kappa shape index (κ3) is 15.4. The topological polar surface area (TPSA) is 480 Å². The molecule has 0 aliphatic carbocycles. The van der Waals surface area contributed by atoms with E-state index in [1.807, 2.05) is 26.8 Å². The predicted octanol–water partition coefficient (Wildman–Crippen LogP) is -1.11. The molecular weight excluding hydrogens is 1190 g/mol. The number of nitrogens with zero attached hydrogens (tertiary/aromatic N) is 10. The second kappa shape index (κ2) is 32.0. The van der Waals surface area contributed by atoms with Crippen LogP contribution >= 0.6 is 0 Å². The summed E-state index contributed by atoms with van der Waals surface area (Å²) in [5, 5.41) is 70.9. The summed E-state index contributed by atoms with van der Waals surface area (Å²) in [4.78, 5) is 65.2. The molecule has 33 heteroatoms. The van der Waals surface area contributed by atoms with Crippen molar-refractivity contribution in [1.29, 1.82) is 0 Å². The van der Waals surface area contributed by atoms with Crippen LogP contribution in [0.3, 0.4) is 0 Å². The average molecular weight is 1280 g/mol. The second-order valence-corrected chi connectivity index (χ2v) is 22.1. The molecule has 3 saturated heterocycles. The second-order valence-electron chi connectivity index (χ2n) is 22.1. The van der Waals surface area contributed by atoms with Gasteiger partial charge in [0.25, 0.3) is 0 Å². The molecule has 91 heavy (non-hydrogen) atoms. The lowest BCUT2D eigenvalue weighted by atomic mass is 10.0. The molecule has 32 nitrogen and oxygen atoms in total. The minimum Gasteiger partial charge on any atom is -0.397 e. The van der Waals surface area contributed by atoms with Gasteiger partial charge in [0, 0.05) is 38.4 Å². The first kappa shape index (κ1) is 69.2. The molecule has 3 fully saturated rings. The Kier molecular flexibility index (Phi) is 24.3. The van der Waals surface area contributed by atoms with Crippen LogP contribution in [0.2, 0.25) is 0 Å². The molecule has 19 N–H and O–H groups in total. The molecule has 0 bridgehead atoms. The summed E-state index contributed by atoms with van der Waals surface area (Å²) in [6.07, 6.45) is 5.37. The van der Waals surface area contributed by atoms with Gasteiger partial charge in [0.15, 0.2) is 30.0 Å². The van der Waals surface area contributed by atoms with E-state index in [4.69, 9.17) is 52.4 Å². The molecule has 496 valence electrons. The molecular formula is C58H83FN18O14. The van der Waals surface area contributed by atoms with E-state index in [9.17, 15) is 49.4 Å². The summed E-state index contributed by atoms with van der Waals surface area (Å²) in [5.74, 6) is -1.68. The van der Waals surface area contributed by atoms with E-state index >= 15 is 0 Å². The molecule has 10 rings (SSSR count). The van der Waals surface area contributed by atoms with Gasteiger partial charge in [-0.05, 0) is 55.2 Å². The Morgan fingerprint density at radius 3 is 1.73 bits per heavy atom. The predicted molar refractivity (Wildman–Crippen MR) is 327 cm³/mol. The van der Waals surface area contributed by atoms with E-state index in [2.05, 4.69) is 45.9 Å². The van der Waals surface area contributed by atoms with Crippen molar-refractivity contribution in [3.8, 4) is 0 Å². The van der Waals surface area contributed by atoms with E-state index in [1.165, 1.54) is 53.9 Å². The van der Waals surface area contributed by atoms with Crippen LogP contribution < -0.4 is 44.6 Å². The number of methoxy groups -OCH3 is 1. The van der Waals surface area contributed by atoms with Crippen LogP contribution in [0.4, 0.5) is 21.5 Å². The number of rotatable bonds is 25. The van der Waals surface area contributed by atoms with Gasteiger partial charge < -0.3 is 98.5 Å². The lowest BCUT2D eigenvalue weighted by molar-refractivity contribution is -0.139. The first-order chi connectivity index (χ1) is 43.9. The van der Waals surface area contributed by atoms with Crippen molar-refractivity contribution >= 4 is 68.1 Å². The Hall–Kier alpha value is -7.74. The van der Waals surface area contributed by atoms with Gasteiger partial charge in [-0.3, -0.25) is 38.4 Å². The molecule has 0 radical (unpaired) electrons. The van der Waals surface area contributed by atoms with Crippen LogP contribution in [0.1, 0.15) is 83.5 Å². The summed E-state index contributed by atoms with van der Waals surface area (Å²) >= 11 is 0. The number of nitrogen functional groups attached to an aromatic ring is 3.